The fourth-order valence-electron chi connectivity index (χ4n) is 2.34. The quantitative estimate of drug-likeness (QED) is 0.737. The highest BCUT2D eigenvalue weighted by molar-refractivity contribution is 5.85. The van der Waals surface area contributed by atoms with Gasteiger partial charge in [-0.1, -0.05) is 26.2 Å². The summed E-state index contributed by atoms with van der Waals surface area (Å²) in [6, 6.07) is 2.51. The summed E-state index contributed by atoms with van der Waals surface area (Å²) in [6.45, 7) is 4.10. The van der Waals surface area contributed by atoms with Gasteiger partial charge in [-0.25, -0.2) is 0 Å². The SMILES string of the molecule is CCC(C)N(C)C(=O)C1(C#N)CCCCC1. The van der Waals surface area contributed by atoms with E-state index >= 15 is 0 Å². The molecule has 0 saturated heterocycles. The molecule has 3 heteroatoms. The summed E-state index contributed by atoms with van der Waals surface area (Å²) in [5.41, 5.74) is -0.726. The molecule has 0 aromatic rings. The maximum atomic E-state index is 12.4. The maximum absolute atomic E-state index is 12.4. The zero-order valence-electron chi connectivity index (χ0n) is 10.6. The molecule has 1 fully saturated rings. The van der Waals surface area contributed by atoms with Crippen molar-refractivity contribution in [3.63, 3.8) is 0 Å². The first-order valence-electron chi connectivity index (χ1n) is 6.26. The number of hydrogen-bond donors (Lipinski definition) is 0. The molecular formula is C13H22N2O. The van der Waals surface area contributed by atoms with Crippen LogP contribution in [0.2, 0.25) is 0 Å². The van der Waals surface area contributed by atoms with Gasteiger partial charge in [0, 0.05) is 13.1 Å². The lowest BCUT2D eigenvalue weighted by Gasteiger charge is -2.35. The van der Waals surface area contributed by atoms with E-state index in [9.17, 15) is 10.1 Å². The van der Waals surface area contributed by atoms with Crippen LogP contribution in [0.1, 0.15) is 52.4 Å². The van der Waals surface area contributed by atoms with Crippen molar-refractivity contribution in [2.75, 3.05) is 7.05 Å². The number of nitriles is 1. The van der Waals surface area contributed by atoms with Crippen LogP contribution in [0.15, 0.2) is 0 Å². The molecule has 0 spiro atoms. The first-order valence-corrected chi connectivity index (χ1v) is 6.26. The van der Waals surface area contributed by atoms with E-state index in [2.05, 4.69) is 13.0 Å². The van der Waals surface area contributed by atoms with Crippen molar-refractivity contribution in [3.8, 4) is 6.07 Å². The summed E-state index contributed by atoms with van der Waals surface area (Å²) in [5, 5.41) is 9.32. The van der Waals surface area contributed by atoms with E-state index in [4.69, 9.17) is 0 Å². The van der Waals surface area contributed by atoms with Gasteiger partial charge in [0.05, 0.1) is 6.07 Å². The summed E-state index contributed by atoms with van der Waals surface area (Å²) in [5.74, 6) is 0.0315. The second-order valence-corrected chi connectivity index (χ2v) is 4.93. The molecule has 0 radical (unpaired) electrons. The van der Waals surface area contributed by atoms with Gasteiger partial charge in [-0.3, -0.25) is 4.79 Å². The van der Waals surface area contributed by atoms with Crippen molar-refractivity contribution in [1.29, 1.82) is 5.26 Å². The predicted octanol–water partition coefficient (Wildman–Crippen LogP) is 2.72. The van der Waals surface area contributed by atoms with E-state index in [-0.39, 0.29) is 11.9 Å². The molecule has 3 nitrogen and oxygen atoms in total. The van der Waals surface area contributed by atoms with Gasteiger partial charge < -0.3 is 4.90 Å². The Hall–Kier alpha value is -1.04. The third-order valence-corrected chi connectivity index (χ3v) is 3.90. The Morgan fingerprint density at radius 2 is 2.00 bits per heavy atom. The molecule has 1 unspecified atom stereocenters. The van der Waals surface area contributed by atoms with Crippen LogP contribution in [0.25, 0.3) is 0 Å². The minimum atomic E-state index is -0.726. The van der Waals surface area contributed by atoms with Crippen LogP contribution in [-0.2, 0) is 4.79 Å². The molecule has 1 aliphatic carbocycles. The summed E-state index contributed by atoms with van der Waals surface area (Å²) >= 11 is 0. The van der Waals surface area contributed by atoms with Gasteiger partial charge >= 0.3 is 0 Å². The van der Waals surface area contributed by atoms with E-state index in [1.165, 1.54) is 0 Å². The van der Waals surface area contributed by atoms with Crippen LogP contribution in [0.3, 0.4) is 0 Å². The topological polar surface area (TPSA) is 44.1 Å². The zero-order chi connectivity index (χ0) is 12.2. The van der Waals surface area contributed by atoms with Crippen molar-refractivity contribution >= 4 is 5.91 Å². The van der Waals surface area contributed by atoms with E-state index in [1.54, 1.807) is 4.90 Å². The molecule has 1 rings (SSSR count). The predicted molar refractivity (Wildman–Crippen MR) is 63.7 cm³/mol. The second-order valence-electron chi connectivity index (χ2n) is 4.93. The number of rotatable bonds is 3. The molecule has 0 aromatic heterocycles. The third-order valence-electron chi connectivity index (χ3n) is 3.90. The maximum Gasteiger partial charge on any atom is 0.243 e. The van der Waals surface area contributed by atoms with Crippen molar-refractivity contribution in [2.24, 2.45) is 5.41 Å². The summed E-state index contributed by atoms with van der Waals surface area (Å²) < 4.78 is 0. The number of carbonyl (C=O) groups is 1. The molecule has 0 aliphatic heterocycles. The van der Waals surface area contributed by atoms with Gasteiger partial charge in [-0.2, -0.15) is 5.26 Å². The van der Waals surface area contributed by atoms with Gasteiger partial charge in [0.1, 0.15) is 5.41 Å². The highest BCUT2D eigenvalue weighted by Crippen LogP contribution is 2.37. The Balaban J connectivity index is 2.80. The molecule has 0 aromatic carbocycles. The minimum Gasteiger partial charge on any atom is -0.342 e. The first-order chi connectivity index (χ1) is 7.57. The van der Waals surface area contributed by atoms with Crippen LogP contribution in [0, 0.1) is 16.7 Å². The molecule has 1 aliphatic rings. The van der Waals surface area contributed by atoms with Gasteiger partial charge in [0.25, 0.3) is 0 Å². The summed E-state index contributed by atoms with van der Waals surface area (Å²) in [6.07, 6.45) is 5.58. The summed E-state index contributed by atoms with van der Waals surface area (Å²) in [7, 11) is 1.82. The minimum absolute atomic E-state index is 0.0315. The Labute approximate surface area is 98.4 Å². The molecular weight excluding hydrogens is 200 g/mol. The normalized spacial score (nSPS) is 20.9. The second kappa shape index (κ2) is 5.34. The van der Waals surface area contributed by atoms with E-state index in [0.717, 1.165) is 38.5 Å². The summed E-state index contributed by atoms with van der Waals surface area (Å²) in [4.78, 5) is 14.1. The monoisotopic (exact) mass is 222 g/mol. The largest absolute Gasteiger partial charge is 0.342 e. The average Bonchev–Trinajstić information content (AvgIpc) is 2.36. The van der Waals surface area contributed by atoms with Gasteiger partial charge in [0.15, 0.2) is 0 Å². The van der Waals surface area contributed by atoms with Crippen LogP contribution in [0.4, 0.5) is 0 Å². The zero-order valence-corrected chi connectivity index (χ0v) is 10.6. The fourth-order valence-corrected chi connectivity index (χ4v) is 2.34. The van der Waals surface area contributed by atoms with Crippen LogP contribution in [-0.4, -0.2) is 23.9 Å². The number of nitrogens with zero attached hydrogens (tertiary/aromatic N) is 2. The lowest BCUT2D eigenvalue weighted by Crippen LogP contribution is -2.46. The number of hydrogen-bond acceptors (Lipinski definition) is 2. The third kappa shape index (κ3) is 2.37. The number of carbonyl (C=O) groups excluding carboxylic acids is 1. The smallest absolute Gasteiger partial charge is 0.243 e. The first kappa shape index (κ1) is 13.0. The molecule has 1 amide bonds. The van der Waals surface area contributed by atoms with Gasteiger partial charge in [-0.05, 0) is 26.2 Å². The fraction of sp³-hybridized carbons (Fsp3) is 0.846. The Morgan fingerprint density at radius 3 is 2.44 bits per heavy atom. The highest BCUT2D eigenvalue weighted by Gasteiger charge is 2.42. The average molecular weight is 222 g/mol. The lowest BCUT2D eigenvalue weighted by molar-refractivity contribution is -0.141. The van der Waals surface area contributed by atoms with E-state index in [0.29, 0.717) is 0 Å². The molecule has 0 heterocycles. The molecule has 1 atom stereocenters. The van der Waals surface area contributed by atoms with Crippen LogP contribution >= 0.6 is 0 Å². The molecule has 0 N–H and O–H groups in total. The lowest BCUT2D eigenvalue weighted by atomic mass is 9.74. The Morgan fingerprint density at radius 1 is 1.44 bits per heavy atom. The standard InChI is InChI=1S/C13H22N2O/c1-4-11(2)15(3)12(16)13(10-14)8-6-5-7-9-13/h11H,4-9H2,1-3H3. The number of amides is 1. The van der Waals surface area contributed by atoms with Crippen molar-refractivity contribution in [3.05, 3.63) is 0 Å². The van der Waals surface area contributed by atoms with Crippen LogP contribution in [0.5, 0.6) is 0 Å². The van der Waals surface area contributed by atoms with Crippen LogP contribution < -0.4 is 0 Å². The molecule has 90 valence electrons. The van der Waals surface area contributed by atoms with Crippen molar-refractivity contribution in [2.45, 2.75) is 58.4 Å². The molecule has 0 bridgehead atoms. The van der Waals surface area contributed by atoms with Gasteiger partial charge in [-0.15, -0.1) is 0 Å². The molecule has 1 saturated carbocycles. The van der Waals surface area contributed by atoms with Crippen molar-refractivity contribution < 1.29 is 4.79 Å². The molecule has 16 heavy (non-hydrogen) atoms. The van der Waals surface area contributed by atoms with Gasteiger partial charge in [0.2, 0.25) is 5.91 Å². The Bertz CT molecular complexity index is 287. The Kier molecular flexibility index (Phi) is 4.35. The van der Waals surface area contributed by atoms with Crippen molar-refractivity contribution in [1.82, 2.24) is 4.90 Å². The highest BCUT2D eigenvalue weighted by atomic mass is 16.2. The van der Waals surface area contributed by atoms with E-state index < -0.39 is 5.41 Å². The van der Waals surface area contributed by atoms with E-state index in [1.807, 2.05) is 14.0 Å².